The molecule has 0 aromatic heterocycles. The van der Waals surface area contributed by atoms with Gasteiger partial charge in [-0.15, -0.1) is 0 Å². The van der Waals surface area contributed by atoms with E-state index >= 15 is 0 Å². The van der Waals surface area contributed by atoms with Crippen LogP contribution in [0.2, 0.25) is 0 Å². The largest absolute Gasteiger partial charge is 0.459 e. The summed E-state index contributed by atoms with van der Waals surface area (Å²) in [6, 6.07) is 15.0. The molecule has 2 aliphatic carbocycles. The summed E-state index contributed by atoms with van der Waals surface area (Å²) in [4.78, 5) is 81.0. The molecule has 67 heavy (non-hydrogen) atoms. The van der Waals surface area contributed by atoms with E-state index in [1.165, 1.54) is 4.90 Å². The molecule has 6 aliphatic rings. The van der Waals surface area contributed by atoms with Gasteiger partial charge in [-0.1, -0.05) is 62.4 Å². The molecule has 2 aromatic rings. The maximum absolute atomic E-state index is 14.4. The summed E-state index contributed by atoms with van der Waals surface area (Å²) >= 11 is 0. The number of hydrogen-bond acceptors (Lipinski definition) is 12. The smallest absolute Gasteiger partial charge is 0.407 e. The molecule has 0 unspecified atom stereocenters. The van der Waals surface area contributed by atoms with Crippen LogP contribution in [-0.2, 0) is 47.8 Å². The Morgan fingerprint density at radius 2 is 1.48 bits per heavy atom. The lowest BCUT2D eigenvalue weighted by Crippen LogP contribution is -2.70. The summed E-state index contributed by atoms with van der Waals surface area (Å²) in [5.74, 6) is -2.11. The molecule has 1 spiro atoms. The molecule has 4 aliphatic heterocycles. The van der Waals surface area contributed by atoms with Crippen LogP contribution in [0.5, 0.6) is 0 Å². The first-order valence-electron chi connectivity index (χ1n) is 24.2. The first kappa shape index (κ1) is 50.1. The number of ether oxygens (including phenoxy) is 5. The van der Waals surface area contributed by atoms with E-state index in [-0.39, 0.29) is 68.7 Å². The minimum Gasteiger partial charge on any atom is -0.459 e. The zero-order valence-electron chi connectivity index (χ0n) is 40.8. The van der Waals surface area contributed by atoms with E-state index in [4.69, 9.17) is 33.5 Å². The van der Waals surface area contributed by atoms with Gasteiger partial charge in [0.05, 0.1) is 12.5 Å². The molecule has 5 fully saturated rings. The highest BCUT2D eigenvalue weighted by molar-refractivity contribution is 5.86. The summed E-state index contributed by atoms with van der Waals surface area (Å²) in [7, 11) is 0. The van der Waals surface area contributed by atoms with Gasteiger partial charge in [-0.3, -0.25) is 14.4 Å². The van der Waals surface area contributed by atoms with Crippen molar-refractivity contribution in [2.45, 2.75) is 161 Å². The van der Waals surface area contributed by atoms with Crippen molar-refractivity contribution in [1.82, 2.24) is 20.9 Å². The van der Waals surface area contributed by atoms with Crippen molar-refractivity contribution < 1.29 is 57.4 Å². The molecular weight excluding hydrogens is 861 g/mol. The van der Waals surface area contributed by atoms with E-state index in [0.29, 0.717) is 31.7 Å². The number of alkyl carbamates (subject to hydrolysis) is 2. The molecule has 1 saturated carbocycles. The Morgan fingerprint density at radius 1 is 0.806 bits per heavy atom. The number of carbonyl (C=O) groups excluding carboxylic acids is 5. The average Bonchev–Trinajstić information content (AvgIpc) is 3.39. The quantitative estimate of drug-likeness (QED) is 0.0651. The van der Waals surface area contributed by atoms with Crippen LogP contribution in [0.25, 0.3) is 11.1 Å². The van der Waals surface area contributed by atoms with E-state index in [0.717, 1.165) is 41.5 Å². The fourth-order valence-corrected chi connectivity index (χ4v) is 10.8. The van der Waals surface area contributed by atoms with Crippen molar-refractivity contribution >= 4 is 30.0 Å². The third kappa shape index (κ3) is 11.7. The van der Waals surface area contributed by atoms with Crippen molar-refractivity contribution in [1.29, 1.82) is 0 Å². The molecule has 4 heterocycles. The fourth-order valence-electron chi connectivity index (χ4n) is 10.8. The minimum absolute atomic E-state index is 0.0143. The molecule has 2 aromatic carbocycles. The SMILES string of the molecule is C[C@H]1[C@@H](CC(=O)N(CCNC(=O)[C@H](CCCCNC(=O)OC(C)(C)C)NC(=O)OCC2c3ccccc3-c3ccccc32)CC(=O)OC(C)(C)C)O[C@@H]2O[C@@]3(C)CC[C@H]4[C@H](C)CC[C@@H]1[C@@]24OO3. The lowest BCUT2D eigenvalue weighted by molar-refractivity contribution is -0.570. The zero-order chi connectivity index (χ0) is 48.3. The molecule has 368 valence electrons. The van der Waals surface area contributed by atoms with Gasteiger partial charge in [-0.2, -0.15) is 0 Å². The molecule has 4 amide bonds. The average molecular weight is 933 g/mol. The number of nitrogens with one attached hydrogen (secondary N) is 3. The number of benzene rings is 2. The highest BCUT2D eigenvalue weighted by Crippen LogP contribution is 2.61. The van der Waals surface area contributed by atoms with Crippen molar-refractivity contribution in [3.05, 3.63) is 59.7 Å². The van der Waals surface area contributed by atoms with Gasteiger partial charge < -0.3 is 44.5 Å². The van der Waals surface area contributed by atoms with Gasteiger partial charge in [0, 0.05) is 37.9 Å². The monoisotopic (exact) mass is 933 g/mol. The third-order valence-corrected chi connectivity index (χ3v) is 14.0. The number of hydrogen-bond donors (Lipinski definition) is 3. The van der Waals surface area contributed by atoms with Gasteiger partial charge in [-0.05, 0) is 127 Å². The van der Waals surface area contributed by atoms with E-state index < -0.39 is 65.1 Å². The third-order valence-electron chi connectivity index (χ3n) is 14.0. The minimum atomic E-state index is -1.01. The van der Waals surface area contributed by atoms with Crippen molar-refractivity contribution in [3.63, 3.8) is 0 Å². The molecule has 3 N–H and O–H groups in total. The normalized spacial score (nSPS) is 27.8. The van der Waals surface area contributed by atoms with Crippen LogP contribution >= 0.6 is 0 Å². The Hall–Kier alpha value is -4.77. The Kier molecular flexibility index (Phi) is 15.3. The number of fused-ring (bicyclic) bond motifs is 5. The first-order valence-corrected chi connectivity index (χ1v) is 24.2. The van der Waals surface area contributed by atoms with Crippen LogP contribution < -0.4 is 16.0 Å². The molecule has 16 nitrogen and oxygen atoms in total. The van der Waals surface area contributed by atoms with E-state index in [1.54, 1.807) is 41.5 Å². The van der Waals surface area contributed by atoms with Crippen LogP contribution in [0, 0.1) is 23.7 Å². The lowest BCUT2D eigenvalue weighted by atomic mass is 9.57. The summed E-state index contributed by atoms with van der Waals surface area (Å²) in [5, 5.41) is 8.39. The summed E-state index contributed by atoms with van der Waals surface area (Å²) in [5.41, 5.74) is 2.07. The number of carbonyl (C=O) groups is 5. The highest BCUT2D eigenvalue weighted by atomic mass is 17.3. The number of amides is 4. The van der Waals surface area contributed by atoms with Crippen LogP contribution in [0.4, 0.5) is 9.59 Å². The molecule has 9 atom stereocenters. The predicted molar refractivity (Wildman–Crippen MR) is 247 cm³/mol. The van der Waals surface area contributed by atoms with Crippen LogP contribution in [-0.4, -0.2) is 109 Å². The van der Waals surface area contributed by atoms with Gasteiger partial charge >= 0.3 is 18.2 Å². The Balaban J connectivity index is 1.00. The van der Waals surface area contributed by atoms with E-state index in [9.17, 15) is 24.0 Å². The molecule has 8 rings (SSSR count). The number of nitrogens with zero attached hydrogens (tertiary/aromatic N) is 1. The van der Waals surface area contributed by atoms with E-state index in [1.807, 2.05) is 43.3 Å². The molecule has 16 heteroatoms. The Morgan fingerprint density at radius 3 is 2.15 bits per heavy atom. The summed E-state index contributed by atoms with van der Waals surface area (Å²) in [6.45, 7) is 16.8. The second kappa shape index (κ2) is 20.4. The topological polar surface area (TPSA) is 189 Å². The molecule has 4 saturated heterocycles. The van der Waals surface area contributed by atoms with Gasteiger partial charge in [-0.25, -0.2) is 19.4 Å². The standard InChI is InChI=1S/C51H72N4O12/c1-31-21-22-39-32(2)41(62-45-51(39)38(31)23-24-50(9,64-45)66-67-51)28-42(56)55(29-43(57)63-48(3,4)5)27-26-52-44(58)40(20-14-15-25-53-46(59)65-49(6,7)8)54-47(60)61-30-37-35-18-12-10-16-33(35)34-17-11-13-19-36(34)37/h10-13,16-19,31-32,37-41,45H,14-15,20-30H2,1-9H3,(H,52,58)(H,53,59)(H,54,60)/t31-,32-,38+,39+,40+,41-,45-,50-,51-/m1/s1. The van der Waals surface area contributed by atoms with Crippen molar-refractivity contribution in [2.75, 3.05) is 32.8 Å². The lowest BCUT2D eigenvalue weighted by Gasteiger charge is -2.60. The second-order valence-electron chi connectivity index (χ2n) is 21.3. The van der Waals surface area contributed by atoms with Crippen LogP contribution in [0.1, 0.15) is 131 Å². The Labute approximate surface area is 395 Å². The van der Waals surface area contributed by atoms with Gasteiger partial charge in [0.25, 0.3) is 0 Å². The van der Waals surface area contributed by atoms with E-state index in [2.05, 4.69) is 41.9 Å². The van der Waals surface area contributed by atoms with Gasteiger partial charge in [0.2, 0.25) is 17.6 Å². The first-order chi connectivity index (χ1) is 31.7. The summed E-state index contributed by atoms with van der Waals surface area (Å²) in [6.07, 6.45) is 2.01. The number of esters is 1. The van der Waals surface area contributed by atoms with Gasteiger partial charge in [0.15, 0.2) is 11.9 Å². The Bertz CT molecular complexity index is 2070. The maximum atomic E-state index is 14.4. The van der Waals surface area contributed by atoms with Gasteiger partial charge in [0.1, 0.15) is 30.4 Å². The predicted octanol–water partition coefficient (Wildman–Crippen LogP) is 7.52. The fraction of sp³-hybridized carbons (Fsp3) is 0.667. The van der Waals surface area contributed by atoms with Crippen LogP contribution in [0.3, 0.4) is 0 Å². The highest BCUT2D eigenvalue weighted by Gasteiger charge is 2.69. The summed E-state index contributed by atoms with van der Waals surface area (Å²) < 4.78 is 30.0. The van der Waals surface area contributed by atoms with Crippen LogP contribution in [0.15, 0.2) is 48.5 Å². The number of unbranched alkanes of at least 4 members (excludes halogenated alkanes) is 1. The van der Waals surface area contributed by atoms with Crippen molar-refractivity contribution in [3.8, 4) is 11.1 Å². The maximum Gasteiger partial charge on any atom is 0.407 e. The number of rotatable bonds is 16. The molecule has 0 radical (unpaired) electrons. The second-order valence-corrected chi connectivity index (χ2v) is 21.3. The zero-order valence-corrected chi connectivity index (χ0v) is 40.8. The molecular formula is C51H72N4O12. The molecule has 2 bridgehead atoms. The van der Waals surface area contributed by atoms with Crippen molar-refractivity contribution in [2.24, 2.45) is 23.7 Å².